The lowest BCUT2D eigenvalue weighted by atomic mass is 9.75. The average Bonchev–Trinajstić information content (AvgIpc) is 2.59. The van der Waals surface area contributed by atoms with Crippen LogP contribution in [0.15, 0.2) is 18.2 Å². The van der Waals surface area contributed by atoms with E-state index >= 15 is 0 Å². The van der Waals surface area contributed by atoms with Crippen LogP contribution in [-0.2, 0) is 9.53 Å². The van der Waals surface area contributed by atoms with E-state index in [1.54, 1.807) is 11.8 Å². The predicted octanol–water partition coefficient (Wildman–Crippen LogP) is 2.13. The van der Waals surface area contributed by atoms with Crippen LogP contribution < -0.4 is 5.32 Å². The molecule has 1 aromatic carbocycles. The van der Waals surface area contributed by atoms with Gasteiger partial charge in [-0.15, -0.1) is 0 Å². The summed E-state index contributed by atoms with van der Waals surface area (Å²) in [4.78, 5) is 25.6. The molecule has 2 fully saturated rings. The number of piperidine rings is 1. The molecule has 2 amide bonds. The van der Waals surface area contributed by atoms with Gasteiger partial charge in [-0.05, 0) is 38.0 Å². The van der Waals surface area contributed by atoms with Crippen LogP contribution in [0.1, 0.15) is 43.5 Å². The molecule has 1 spiro atoms. The number of nitrogens with zero attached hydrogens (tertiary/aromatic N) is 1. The Morgan fingerprint density at radius 1 is 1.37 bits per heavy atom. The SMILES string of the molecule is CC(=O)N[C@H]1COC2(CCN(C(=O)c3cc(F)ccc3Cl)CC2)C[C@]1(C)O. The Labute approximate surface area is 162 Å². The minimum atomic E-state index is -1.10. The lowest BCUT2D eigenvalue weighted by Crippen LogP contribution is -2.64. The van der Waals surface area contributed by atoms with Gasteiger partial charge in [-0.3, -0.25) is 9.59 Å². The Morgan fingerprint density at radius 3 is 2.63 bits per heavy atom. The van der Waals surface area contributed by atoms with Crippen LogP contribution in [0.2, 0.25) is 5.02 Å². The van der Waals surface area contributed by atoms with Crippen molar-refractivity contribution in [2.24, 2.45) is 0 Å². The number of amides is 2. The first-order valence-corrected chi connectivity index (χ1v) is 9.37. The van der Waals surface area contributed by atoms with Crippen LogP contribution in [0.5, 0.6) is 0 Å². The predicted molar refractivity (Wildman–Crippen MR) is 98.1 cm³/mol. The standard InChI is InChI=1S/C19H24ClFN2O4/c1-12(24)22-16-10-27-19(11-18(16,2)26)5-7-23(8-6-19)17(25)14-9-13(21)3-4-15(14)20/h3-4,9,16,26H,5-8,10-11H2,1-2H3,(H,22,24)/t16-,18-/m0/s1. The quantitative estimate of drug-likeness (QED) is 0.800. The van der Waals surface area contributed by atoms with Crippen molar-refractivity contribution in [3.63, 3.8) is 0 Å². The highest BCUT2D eigenvalue weighted by Gasteiger charge is 2.49. The van der Waals surface area contributed by atoms with Gasteiger partial charge in [0.2, 0.25) is 5.91 Å². The highest BCUT2D eigenvalue weighted by Crippen LogP contribution is 2.40. The Bertz CT molecular complexity index is 747. The molecule has 148 valence electrons. The van der Waals surface area contributed by atoms with E-state index in [1.165, 1.54) is 19.1 Å². The number of aliphatic hydroxyl groups is 1. The number of carbonyl (C=O) groups excluding carboxylic acids is 2. The molecule has 27 heavy (non-hydrogen) atoms. The molecule has 0 unspecified atom stereocenters. The minimum absolute atomic E-state index is 0.148. The van der Waals surface area contributed by atoms with Gasteiger partial charge < -0.3 is 20.1 Å². The smallest absolute Gasteiger partial charge is 0.255 e. The van der Waals surface area contributed by atoms with E-state index in [0.717, 1.165) is 6.07 Å². The molecule has 6 nitrogen and oxygen atoms in total. The van der Waals surface area contributed by atoms with Gasteiger partial charge >= 0.3 is 0 Å². The number of nitrogens with one attached hydrogen (secondary N) is 1. The maximum Gasteiger partial charge on any atom is 0.255 e. The highest BCUT2D eigenvalue weighted by atomic mass is 35.5. The number of benzene rings is 1. The van der Waals surface area contributed by atoms with Crippen molar-refractivity contribution < 1.29 is 23.8 Å². The van der Waals surface area contributed by atoms with Gasteiger partial charge in [0, 0.05) is 26.4 Å². The molecule has 2 saturated heterocycles. The van der Waals surface area contributed by atoms with Crippen molar-refractivity contribution in [3.05, 3.63) is 34.6 Å². The summed E-state index contributed by atoms with van der Waals surface area (Å²) in [5, 5.41) is 13.7. The number of hydrogen-bond acceptors (Lipinski definition) is 4. The van der Waals surface area contributed by atoms with E-state index in [1.807, 2.05) is 0 Å². The zero-order valence-corrected chi connectivity index (χ0v) is 16.2. The molecule has 2 aliphatic heterocycles. The largest absolute Gasteiger partial charge is 0.388 e. The number of rotatable bonds is 2. The Morgan fingerprint density at radius 2 is 2.04 bits per heavy atom. The summed E-state index contributed by atoms with van der Waals surface area (Å²) < 4.78 is 19.5. The fourth-order valence-corrected chi connectivity index (χ4v) is 4.18. The third kappa shape index (κ3) is 4.25. The first kappa shape index (κ1) is 20.0. The van der Waals surface area contributed by atoms with E-state index in [2.05, 4.69) is 5.32 Å². The van der Waals surface area contributed by atoms with Crippen LogP contribution in [0.3, 0.4) is 0 Å². The van der Waals surface area contributed by atoms with Crippen LogP contribution >= 0.6 is 11.6 Å². The number of hydrogen-bond donors (Lipinski definition) is 2. The third-order valence-corrected chi connectivity index (χ3v) is 5.81. The maximum absolute atomic E-state index is 13.5. The van der Waals surface area contributed by atoms with Gasteiger partial charge in [0.25, 0.3) is 5.91 Å². The molecule has 2 heterocycles. The van der Waals surface area contributed by atoms with E-state index < -0.39 is 23.1 Å². The molecule has 0 aromatic heterocycles. The van der Waals surface area contributed by atoms with Gasteiger partial charge in [0.1, 0.15) is 5.82 Å². The van der Waals surface area contributed by atoms with Crippen molar-refractivity contribution in [2.45, 2.75) is 50.4 Å². The molecule has 0 saturated carbocycles. The summed E-state index contributed by atoms with van der Waals surface area (Å²) in [5.74, 6) is -1.04. The lowest BCUT2D eigenvalue weighted by Gasteiger charge is -2.51. The van der Waals surface area contributed by atoms with Gasteiger partial charge in [-0.1, -0.05) is 11.6 Å². The molecule has 0 radical (unpaired) electrons. The Hall–Kier alpha value is -1.70. The zero-order valence-electron chi connectivity index (χ0n) is 15.4. The van der Waals surface area contributed by atoms with Gasteiger partial charge in [0.15, 0.2) is 0 Å². The van der Waals surface area contributed by atoms with E-state index in [9.17, 15) is 19.1 Å². The van der Waals surface area contributed by atoms with Gasteiger partial charge in [-0.25, -0.2) is 4.39 Å². The summed E-state index contributed by atoms with van der Waals surface area (Å²) in [5.41, 5.74) is -1.49. The fraction of sp³-hybridized carbons (Fsp3) is 0.579. The van der Waals surface area contributed by atoms with Crippen LogP contribution in [0.25, 0.3) is 0 Å². The summed E-state index contributed by atoms with van der Waals surface area (Å²) in [7, 11) is 0. The first-order valence-electron chi connectivity index (χ1n) is 9.00. The van der Waals surface area contributed by atoms with E-state index in [4.69, 9.17) is 16.3 Å². The van der Waals surface area contributed by atoms with Crippen LogP contribution in [0, 0.1) is 5.82 Å². The second-order valence-corrected chi connectivity index (χ2v) is 8.10. The second-order valence-electron chi connectivity index (χ2n) is 7.70. The number of ether oxygens (including phenoxy) is 1. The molecule has 1 aromatic rings. The average molecular weight is 399 g/mol. The molecule has 3 rings (SSSR count). The molecule has 0 bridgehead atoms. The minimum Gasteiger partial charge on any atom is -0.388 e. The van der Waals surface area contributed by atoms with E-state index in [-0.39, 0.29) is 29.0 Å². The number of likely N-dealkylation sites (tertiary alicyclic amines) is 1. The molecule has 2 atom stereocenters. The molecule has 2 aliphatic rings. The van der Waals surface area contributed by atoms with Crippen LogP contribution in [-0.4, -0.2) is 58.8 Å². The Kier molecular flexibility index (Phi) is 5.47. The third-order valence-electron chi connectivity index (χ3n) is 5.49. The normalized spacial score (nSPS) is 27.4. The molecule has 2 N–H and O–H groups in total. The first-order chi connectivity index (χ1) is 12.6. The van der Waals surface area contributed by atoms with Crippen molar-refractivity contribution in [1.29, 1.82) is 0 Å². The second kappa shape index (κ2) is 7.37. The van der Waals surface area contributed by atoms with Crippen molar-refractivity contribution >= 4 is 23.4 Å². The van der Waals surface area contributed by atoms with Crippen molar-refractivity contribution in [3.8, 4) is 0 Å². The Balaban J connectivity index is 1.66. The van der Waals surface area contributed by atoms with Gasteiger partial charge in [-0.2, -0.15) is 0 Å². The molecule has 0 aliphatic carbocycles. The summed E-state index contributed by atoms with van der Waals surface area (Å²) in [6.07, 6.45) is 1.47. The van der Waals surface area contributed by atoms with Crippen molar-refractivity contribution in [2.75, 3.05) is 19.7 Å². The zero-order chi connectivity index (χ0) is 19.8. The maximum atomic E-state index is 13.5. The highest BCUT2D eigenvalue weighted by molar-refractivity contribution is 6.33. The molecular formula is C19H24ClFN2O4. The van der Waals surface area contributed by atoms with Crippen molar-refractivity contribution in [1.82, 2.24) is 10.2 Å². The van der Waals surface area contributed by atoms with E-state index in [0.29, 0.717) is 32.4 Å². The lowest BCUT2D eigenvalue weighted by molar-refractivity contribution is -0.187. The number of carbonyl (C=O) groups is 2. The topological polar surface area (TPSA) is 78.9 Å². The van der Waals surface area contributed by atoms with Gasteiger partial charge in [0.05, 0.1) is 34.4 Å². The number of halogens is 2. The monoisotopic (exact) mass is 398 g/mol. The fourth-order valence-electron chi connectivity index (χ4n) is 3.98. The van der Waals surface area contributed by atoms with Crippen LogP contribution in [0.4, 0.5) is 4.39 Å². The molecule has 8 heteroatoms. The molecular weight excluding hydrogens is 375 g/mol. The summed E-state index contributed by atoms with van der Waals surface area (Å²) >= 11 is 6.04. The summed E-state index contributed by atoms with van der Waals surface area (Å²) in [6, 6.07) is 3.27. The summed E-state index contributed by atoms with van der Waals surface area (Å²) in [6.45, 7) is 4.17.